The zero-order valence-corrected chi connectivity index (χ0v) is 18.7. The van der Waals surface area contributed by atoms with Crippen LogP contribution in [0.4, 0.5) is 5.82 Å². The van der Waals surface area contributed by atoms with Crippen molar-refractivity contribution in [3.05, 3.63) is 22.3 Å². The molecule has 0 unspecified atom stereocenters. The van der Waals surface area contributed by atoms with E-state index < -0.39 is 8.32 Å². The van der Waals surface area contributed by atoms with Gasteiger partial charge in [0.25, 0.3) is 0 Å². The lowest BCUT2D eigenvalue weighted by Crippen LogP contribution is -2.61. The van der Waals surface area contributed by atoms with Crippen molar-refractivity contribution >= 4 is 36.0 Å². The maximum absolute atomic E-state index is 12.6. The fourth-order valence-electron chi connectivity index (χ4n) is 3.70. The third-order valence-electron chi connectivity index (χ3n) is 6.02. The van der Waals surface area contributed by atoms with Crippen LogP contribution < -0.4 is 4.90 Å². The number of amides is 1. The summed E-state index contributed by atoms with van der Waals surface area (Å²) in [5, 5.41) is 0.197. The minimum Gasteiger partial charge on any atom is -0.411 e. The Balaban J connectivity index is 1.75. The second-order valence-corrected chi connectivity index (χ2v) is 14.9. The molecule has 25 heavy (non-hydrogen) atoms. The molecule has 1 saturated carbocycles. The van der Waals surface area contributed by atoms with Crippen LogP contribution in [0.1, 0.15) is 52.5 Å². The van der Waals surface area contributed by atoms with E-state index in [0.717, 1.165) is 35.1 Å². The highest BCUT2D eigenvalue weighted by molar-refractivity contribution is 9.10. The van der Waals surface area contributed by atoms with Crippen LogP contribution in [0.15, 0.2) is 16.7 Å². The van der Waals surface area contributed by atoms with Crippen molar-refractivity contribution in [1.29, 1.82) is 0 Å². The van der Waals surface area contributed by atoms with Gasteiger partial charge in [0.2, 0.25) is 5.91 Å². The number of hydrogen-bond donors (Lipinski definition) is 0. The first-order valence-electron chi connectivity index (χ1n) is 9.09. The van der Waals surface area contributed by atoms with Crippen LogP contribution in [0, 0.1) is 0 Å². The summed E-state index contributed by atoms with van der Waals surface area (Å²) >= 11 is 3.48. The molecule has 6 heteroatoms. The minimum atomic E-state index is -1.81. The second kappa shape index (κ2) is 6.17. The van der Waals surface area contributed by atoms with E-state index in [1.165, 1.54) is 0 Å². The Labute approximate surface area is 160 Å². The van der Waals surface area contributed by atoms with Crippen molar-refractivity contribution in [1.82, 2.24) is 4.98 Å². The van der Waals surface area contributed by atoms with E-state index in [1.807, 2.05) is 4.90 Å². The molecular formula is C19H29BrN2O2Si. The van der Waals surface area contributed by atoms with Gasteiger partial charge in [-0.3, -0.25) is 9.69 Å². The molecule has 0 saturated heterocycles. The molecular weight excluding hydrogens is 396 g/mol. The summed E-state index contributed by atoms with van der Waals surface area (Å²) in [4.78, 5) is 19.0. The molecule has 0 atom stereocenters. The number of halogens is 1. The first-order valence-corrected chi connectivity index (χ1v) is 12.8. The SMILES string of the molecule is CC1(O[Si](C)(C)C(C)(C)C)CC(N2C(=O)CCc3cc(Br)cnc32)C1. The van der Waals surface area contributed by atoms with Crippen LogP contribution in [-0.2, 0) is 15.6 Å². The maximum atomic E-state index is 12.6. The predicted molar refractivity (Wildman–Crippen MR) is 107 cm³/mol. The Kier molecular flexibility index (Phi) is 4.70. The molecule has 2 aliphatic rings. The zero-order chi connectivity index (χ0) is 18.6. The summed E-state index contributed by atoms with van der Waals surface area (Å²) < 4.78 is 7.63. The summed E-state index contributed by atoms with van der Waals surface area (Å²) in [5.74, 6) is 1.04. The van der Waals surface area contributed by atoms with Gasteiger partial charge >= 0.3 is 0 Å². The number of rotatable bonds is 3. The van der Waals surface area contributed by atoms with E-state index in [9.17, 15) is 4.79 Å². The summed E-state index contributed by atoms with van der Waals surface area (Å²) in [5.41, 5.74) is 1.04. The molecule has 1 aromatic heterocycles. The third kappa shape index (κ3) is 3.58. The average molecular weight is 425 g/mol. The summed E-state index contributed by atoms with van der Waals surface area (Å²) in [6.07, 6.45) is 4.92. The highest BCUT2D eigenvalue weighted by Crippen LogP contribution is 2.47. The molecule has 0 bridgehead atoms. The number of aryl methyl sites for hydroxylation is 1. The summed E-state index contributed by atoms with van der Waals surface area (Å²) in [6.45, 7) is 13.6. The molecule has 1 aromatic rings. The molecule has 3 rings (SSSR count). The van der Waals surface area contributed by atoms with Gasteiger partial charge in [0, 0.05) is 23.1 Å². The van der Waals surface area contributed by atoms with Crippen molar-refractivity contribution in [2.75, 3.05) is 4.90 Å². The number of anilines is 1. The van der Waals surface area contributed by atoms with E-state index in [-0.39, 0.29) is 22.6 Å². The molecule has 0 aromatic carbocycles. The average Bonchev–Trinajstić information content (AvgIpc) is 2.43. The van der Waals surface area contributed by atoms with Crippen LogP contribution in [0.2, 0.25) is 18.1 Å². The normalized spacial score (nSPS) is 27.1. The largest absolute Gasteiger partial charge is 0.411 e. The van der Waals surface area contributed by atoms with Gasteiger partial charge in [-0.15, -0.1) is 0 Å². The van der Waals surface area contributed by atoms with E-state index in [1.54, 1.807) is 6.20 Å². The quantitative estimate of drug-likeness (QED) is 0.636. The van der Waals surface area contributed by atoms with Crippen molar-refractivity contribution in [3.63, 3.8) is 0 Å². The van der Waals surface area contributed by atoms with Crippen LogP contribution in [0.5, 0.6) is 0 Å². The molecule has 1 aliphatic heterocycles. The predicted octanol–water partition coefficient (Wildman–Crippen LogP) is 5.07. The van der Waals surface area contributed by atoms with E-state index in [2.05, 4.69) is 67.8 Å². The lowest BCUT2D eigenvalue weighted by atomic mass is 9.75. The Bertz CT molecular complexity index is 693. The van der Waals surface area contributed by atoms with E-state index in [4.69, 9.17) is 4.43 Å². The number of fused-ring (bicyclic) bond motifs is 1. The van der Waals surface area contributed by atoms with Crippen LogP contribution in [-0.4, -0.2) is 30.9 Å². The van der Waals surface area contributed by atoms with Gasteiger partial charge in [-0.05, 0) is 71.9 Å². The number of carbonyl (C=O) groups is 1. The van der Waals surface area contributed by atoms with Crippen molar-refractivity contribution < 1.29 is 9.22 Å². The molecule has 0 spiro atoms. The Hall–Kier alpha value is -0.723. The molecule has 1 amide bonds. The molecule has 1 fully saturated rings. The Morgan fingerprint density at radius 1 is 1.32 bits per heavy atom. The monoisotopic (exact) mass is 424 g/mol. The van der Waals surface area contributed by atoms with E-state index >= 15 is 0 Å². The van der Waals surface area contributed by atoms with Gasteiger partial charge in [-0.2, -0.15) is 0 Å². The van der Waals surface area contributed by atoms with Crippen LogP contribution in [0.25, 0.3) is 0 Å². The van der Waals surface area contributed by atoms with Gasteiger partial charge in [-0.25, -0.2) is 4.98 Å². The van der Waals surface area contributed by atoms with Crippen molar-refractivity contribution in [2.45, 2.75) is 83.2 Å². The highest BCUT2D eigenvalue weighted by atomic mass is 79.9. The molecule has 4 nitrogen and oxygen atoms in total. The van der Waals surface area contributed by atoms with Gasteiger partial charge in [-0.1, -0.05) is 20.8 Å². The van der Waals surface area contributed by atoms with E-state index in [0.29, 0.717) is 6.42 Å². The van der Waals surface area contributed by atoms with Gasteiger partial charge in [0.1, 0.15) is 5.82 Å². The Morgan fingerprint density at radius 3 is 2.56 bits per heavy atom. The van der Waals surface area contributed by atoms with Crippen LogP contribution >= 0.6 is 15.9 Å². The summed E-state index contributed by atoms with van der Waals surface area (Å²) in [7, 11) is -1.81. The van der Waals surface area contributed by atoms with Crippen molar-refractivity contribution in [3.8, 4) is 0 Å². The molecule has 2 heterocycles. The third-order valence-corrected chi connectivity index (χ3v) is 11.1. The fraction of sp³-hybridized carbons (Fsp3) is 0.684. The van der Waals surface area contributed by atoms with Gasteiger partial charge in [0.15, 0.2) is 8.32 Å². The Morgan fingerprint density at radius 2 is 1.96 bits per heavy atom. The zero-order valence-electron chi connectivity index (χ0n) is 16.1. The van der Waals surface area contributed by atoms with Crippen LogP contribution in [0.3, 0.4) is 0 Å². The lowest BCUT2D eigenvalue weighted by Gasteiger charge is -2.54. The molecule has 0 radical (unpaired) electrons. The molecule has 0 N–H and O–H groups in total. The number of pyridine rings is 1. The maximum Gasteiger partial charge on any atom is 0.228 e. The van der Waals surface area contributed by atoms with Gasteiger partial charge < -0.3 is 4.43 Å². The lowest BCUT2D eigenvalue weighted by molar-refractivity contribution is -0.121. The number of nitrogens with zero attached hydrogens (tertiary/aromatic N) is 2. The standard InChI is InChI=1S/C19H29BrN2O2Si/c1-18(2,3)25(5,6)24-19(4)10-15(11-19)22-16(23)8-7-13-9-14(20)12-21-17(13)22/h9,12,15H,7-8,10-11H2,1-6H3. The fourth-order valence-corrected chi connectivity index (χ4v) is 5.79. The number of hydrogen-bond acceptors (Lipinski definition) is 3. The smallest absolute Gasteiger partial charge is 0.228 e. The number of carbonyl (C=O) groups excluding carboxylic acids is 1. The number of aromatic nitrogens is 1. The first kappa shape index (κ1) is 19.0. The first-order chi connectivity index (χ1) is 11.4. The van der Waals surface area contributed by atoms with Crippen molar-refractivity contribution in [2.24, 2.45) is 0 Å². The second-order valence-electron chi connectivity index (χ2n) is 9.27. The van der Waals surface area contributed by atoms with Gasteiger partial charge in [0.05, 0.1) is 5.60 Å². The highest BCUT2D eigenvalue weighted by Gasteiger charge is 2.51. The summed E-state index contributed by atoms with van der Waals surface area (Å²) in [6, 6.07) is 2.29. The minimum absolute atomic E-state index is 0.124. The topological polar surface area (TPSA) is 42.4 Å². The molecule has 1 aliphatic carbocycles. The molecule has 138 valence electrons.